The number of aryl methyl sites for hydroxylation is 1. The number of pyridine rings is 1. The number of benzene rings is 1. The molecule has 0 bridgehead atoms. The Morgan fingerprint density at radius 2 is 2.03 bits per heavy atom. The molecule has 0 aliphatic heterocycles. The van der Waals surface area contributed by atoms with Gasteiger partial charge in [-0.2, -0.15) is 9.78 Å². The zero-order valence-electron chi connectivity index (χ0n) is 19.2. The SMILES string of the molecule is Cc1cc([C@@H](C)Nc2ccc(Cl)nc2/C(N)=N/O)c2oc(-c3cnn(C(F)(F)F)c3)c(C)c(=O)c2c1. The van der Waals surface area contributed by atoms with E-state index in [0.717, 1.165) is 18.0 Å². The number of alkyl halides is 3. The minimum Gasteiger partial charge on any atom is -0.455 e. The van der Waals surface area contributed by atoms with Gasteiger partial charge in [-0.3, -0.25) is 4.79 Å². The van der Waals surface area contributed by atoms with Crippen LogP contribution in [0.3, 0.4) is 0 Å². The van der Waals surface area contributed by atoms with Crippen LogP contribution in [0.15, 0.2) is 51.0 Å². The highest BCUT2D eigenvalue weighted by Gasteiger charge is 2.32. The first kappa shape index (κ1) is 25.0. The molecule has 1 atom stereocenters. The second-order valence-electron chi connectivity index (χ2n) is 8.14. The van der Waals surface area contributed by atoms with E-state index < -0.39 is 12.3 Å². The fraction of sp³-hybridized carbons (Fsp3) is 0.217. The summed E-state index contributed by atoms with van der Waals surface area (Å²) in [6.07, 6.45) is -2.97. The molecule has 4 N–H and O–H groups in total. The minimum absolute atomic E-state index is 0.00656. The van der Waals surface area contributed by atoms with Crippen molar-refractivity contribution in [1.82, 2.24) is 14.8 Å². The van der Waals surface area contributed by atoms with E-state index in [4.69, 9.17) is 27.0 Å². The molecule has 0 aliphatic carbocycles. The number of fused-ring (bicyclic) bond motifs is 1. The molecule has 188 valence electrons. The molecule has 0 radical (unpaired) electrons. The van der Waals surface area contributed by atoms with Crippen LogP contribution in [0.5, 0.6) is 0 Å². The van der Waals surface area contributed by atoms with Gasteiger partial charge in [-0.1, -0.05) is 22.8 Å². The Hall–Kier alpha value is -4.06. The number of amidine groups is 1. The normalized spacial score (nSPS) is 13.2. The van der Waals surface area contributed by atoms with E-state index in [-0.39, 0.29) is 54.6 Å². The van der Waals surface area contributed by atoms with Crippen LogP contribution in [-0.4, -0.2) is 25.8 Å². The molecule has 0 spiro atoms. The van der Waals surface area contributed by atoms with Crippen molar-refractivity contribution >= 4 is 34.1 Å². The lowest BCUT2D eigenvalue weighted by Gasteiger charge is -2.20. The summed E-state index contributed by atoms with van der Waals surface area (Å²) in [5.41, 5.74) is 7.51. The summed E-state index contributed by atoms with van der Waals surface area (Å²) < 4.78 is 45.1. The van der Waals surface area contributed by atoms with Gasteiger partial charge in [0.2, 0.25) is 0 Å². The Balaban J connectivity index is 1.87. The fourth-order valence-electron chi connectivity index (χ4n) is 3.85. The van der Waals surface area contributed by atoms with Crippen LogP contribution in [0.2, 0.25) is 5.15 Å². The smallest absolute Gasteiger partial charge is 0.455 e. The maximum atomic E-state index is 13.2. The van der Waals surface area contributed by atoms with Gasteiger partial charge >= 0.3 is 6.30 Å². The highest BCUT2D eigenvalue weighted by Crippen LogP contribution is 2.33. The number of nitrogens with two attached hydrogens (primary N) is 1. The van der Waals surface area contributed by atoms with E-state index in [9.17, 15) is 18.0 Å². The van der Waals surface area contributed by atoms with Crippen LogP contribution in [0.1, 0.15) is 35.3 Å². The molecule has 3 aromatic heterocycles. The van der Waals surface area contributed by atoms with Gasteiger partial charge in [0, 0.05) is 17.3 Å². The first-order valence-corrected chi connectivity index (χ1v) is 10.9. The first-order chi connectivity index (χ1) is 16.9. The summed E-state index contributed by atoms with van der Waals surface area (Å²) in [6, 6.07) is 6.03. The lowest BCUT2D eigenvalue weighted by molar-refractivity contribution is -0.212. The Morgan fingerprint density at radius 3 is 2.67 bits per heavy atom. The predicted molar refractivity (Wildman–Crippen MR) is 128 cm³/mol. The van der Waals surface area contributed by atoms with E-state index in [0.29, 0.717) is 11.3 Å². The highest BCUT2D eigenvalue weighted by atomic mass is 35.5. The highest BCUT2D eigenvalue weighted by molar-refractivity contribution is 6.29. The topological polar surface area (TPSA) is 132 Å². The second-order valence-corrected chi connectivity index (χ2v) is 8.53. The fourth-order valence-corrected chi connectivity index (χ4v) is 4.00. The number of aromatic nitrogens is 3. The van der Waals surface area contributed by atoms with Gasteiger partial charge in [0.15, 0.2) is 11.3 Å². The zero-order valence-corrected chi connectivity index (χ0v) is 19.9. The van der Waals surface area contributed by atoms with Gasteiger partial charge in [-0.25, -0.2) is 4.98 Å². The molecule has 9 nitrogen and oxygen atoms in total. The Kier molecular flexibility index (Phi) is 6.39. The summed E-state index contributed by atoms with van der Waals surface area (Å²) in [5, 5.41) is 19.0. The monoisotopic (exact) mass is 520 g/mol. The summed E-state index contributed by atoms with van der Waals surface area (Å²) in [4.78, 5) is 17.3. The van der Waals surface area contributed by atoms with E-state index >= 15 is 0 Å². The van der Waals surface area contributed by atoms with E-state index in [1.165, 1.54) is 13.0 Å². The van der Waals surface area contributed by atoms with Crippen molar-refractivity contribution < 1.29 is 22.8 Å². The Morgan fingerprint density at radius 1 is 1.31 bits per heavy atom. The summed E-state index contributed by atoms with van der Waals surface area (Å²) in [6.45, 7) is 5.06. The third-order valence-corrected chi connectivity index (χ3v) is 5.76. The molecule has 0 amide bonds. The van der Waals surface area contributed by atoms with Crippen molar-refractivity contribution in [2.45, 2.75) is 33.1 Å². The van der Waals surface area contributed by atoms with Crippen molar-refractivity contribution in [3.63, 3.8) is 0 Å². The average molecular weight is 521 g/mol. The second kappa shape index (κ2) is 9.19. The van der Waals surface area contributed by atoms with Crippen molar-refractivity contribution in [1.29, 1.82) is 0 Å². The zero-order chi connectivity index (χ0) is 26.4. The molecule has 0 unspecified atom stereocenters. The van der Waals surface area contributed by atoms with Crippen LogP contribution >= 0.6 is 11.6 Å². The van der Waals surface area contributed by atoms with Crippen LogP contribution < -0.4 is 16.5 Å². The van der Waals surface area contributed by atoms with Crippen molar-refractivity contribution in [2.24, 2.45) is 10.9 Å². The van der Waals surface area contributed by atoms with E-state index in [1.54, 1.807) is 32.0 Å². The minimum atomic E-state index is -4.71. The molecular weight excluding hydrogens is 501 g/mol. The molecule has 13 heteroatoms. The Labute approximate surface area is 207 Å². The summed E-state index contributed by atoms with van der Waals surface area (Å²) in [7, 11) is 0. The molecule has 1 aromatic carbocycles. The molecule has 0 saturated heterocycles. The quantitative estimate of drug-likeness (QED) is 0.110. The average Bonchev–Trinajstić information content (AvgIpc) is 3.32. The molecule has 4 rings (SSSR count). The van der Waals surface area contributed by atoms with Gasteiger partial charge in [0.05, 0.1) is 28.9 Å². The third-order valence-electron chi connectivity index (χ3n) is 5.55. The number of halogens is 4. The molecule has 4 aromatic rings. The number of hydrogen-bond donors (Lipinski definition) is 3. The van der Waals surface area contributed by atoms with Crippen LogP contribution in [0.25, 0.3) is 22.3 Å². The molecule has 0 saturated carbocycles. The van der Waals surface area contributed by atoms with Crippen LogP contribution in [0.4, 0.5) is 18.9 Å². The molecule has 36 heavy (non-hydrogen) atoms. The predicted octanol–water partition coefficient (Wildman–Crippen LogP) is 5.07. The van der Waals surface area contributed by atoms with Gasteiger partial charge in [-0.15, -0.1) is 13.2 Å². The van der Waals surface area contributed by atoms with Crippen LogP contribution in [0, 0.1) is 13.8 Å². The van der Waals surface area contributed by atoms with Crippen molar-refractivity contribution in [3.8, 4) is 11.3 Å². The number of nitrogens with one attached hydrogen (secondary N) is 1. The number of oxime groups is 1. The number of rotatable bonds is 5. The van der Waals surface area contributed by atoms with E-state index in [1.807, 2.05) is 0 Å². The van der Waals surface area contributed by atoms with Crippen molar-refractivity contribution in [3.05, 3.63) is 74.4 Å². The lowest BCUT2D eigenvalue weighted by Crippen LogP contribution is -2.19. The van der Waals surface area contributed by atoms with Gasteiger partial charge < -0.3 is 20.7 Å². The summed E-state index contributed by atoms with van der Waals surface area (Å²) in [5.74, 6) is -0.293. The number of hydrogen-bond acceptors (Lipinski definition) is 7. The summed E-state index contributed by atoms with van der Waals surface area (Å²) >= 11 is 5.95. The van der Waals surface area contributed by atoms with Crippen LogP contribution in [-0.2, 0) is 6.30 Å². The number of nitrogens with zero attached hydrogens (tertiary/aromatic N) is 4. The molecule has 0 aliphatic rings. The number of anilines is 1. The maximum absolute atomic E-state index is 13.2. The van der Waals surface area contributed by atoms with Crippen molar-refractivity contribution in [2.75, 3.05) is 5.32 Å². The maximum Gasteiger partial charge on any atom is 0.504 e. The largest absolute Gasteiger partial charge is 0.504 e. The molecule has 0 fully saturated rings. The lowest BCUT2D eigenvalue weighted by atomic mass is 9.99. The molecular formula is C23H20ClF3N6O3. The third kappa shape index (κ3) is 4.59. The van der Waals surface area contributed by atoms with Gasteiger partial charge in [-0.05, 0) is 44.5 Å². The first-order valence-electron chi connectivity index (χ1n) is 10.5. The van der Waals surface area contributed by atoms with Gasteiger partial charge in [0.25, 0.3) is 0 Å². The Bertz CT molecular complexity index is 1560. The molecule has 3 heterocycles. The standard InChI is InChI=1S/C23H20ClF3N6O3/c1-10-6-14(12(3)30-16-4-5-17(24)31-18(16)22(28)32-35)21-15(7-10)19(34)11(2)20(36-21)13-8-29-33(9-13)23(25,26)27/h4-9,12,30,35H,1-3H3,(H2,28,32)/t12-/m1/s1. The van der Waals surface area contributed by atoms with E-state index in [2.05, 4.69) is 20.6 Å². The van der Waals surface area contributed by atoms with Gasteiger partial charge in [0.1, 0.15) is 22.2 Å².